The minimum Gasteiger partial charge on any atom is -0.480 e. The molecule has 2 amide bonds. The van der Waals surface area contributed by atoms with Gasteiger partial charge in [-0.05, 0) is 18.6 Å². The molecule has 0 aromatic heterocycles. The fourth-order valence-corrected chi connectivity index (χ4v) is 1.55. The quantitative estimate of drug-likeness (QED) is 0.662. The molecule has 6 nitrogen and oxygen atoms in total. The number of carbonyl (C=O) groups is 2. The summed E-state index contributed by atoms with van der Waals surface area (Å²) < 4.78 is 0. The molecule has 7 heteroatoms. The number of carboxylic acids is 1. The van der Waals surface area contributed by atoms with Gasteiger partial charge >= 0.3 is 12.0 Å². The standard InChI is InChI=1S/C11H13ClN2O4/c1-6-3-2-4-7(12)9(6)14-11(18)13-8(5-15)10(16)17/h2-4,8,15H,5H2,1H3,(H,16,17)(H2,13,14,18). The van der Waals surface area contributed by atoms with Crippen LogP contribution >= 0.6 is 11.6 Å². The molecule has 0 aliphatic heterocycles. The maximum atomic E-state index is 11.5. The summed E-state index contributed by atoms with van der Waals surface area (Å²) in [5.41, 5.74) is 1.15. The van der Waals surface area contributed by atoms with E-state index < -0.39 is 24.6 Å². The van der Waals surface area contributed by atoms with Gasteiger partial charge in [-0.15, -0.1) is 0 Å². The Kier molecular flexibility index (Phi) is 4.94. The minimum absolute atomic E-state index is 0.348. The van der Waals surface area contributed by atoms with Crippen molar-refractivity contribution < 1.29 is 19.8 Å². The van der Waals surface area contributed by atoms with Gasteiger partial charge in [-0.2, -0.15) is 0 Å². The highest BCUT2D eigenvalue weighted by Gasteiger charge is 2.19. The molecular weight excluding hydrogens is 260 g/mol. The number of aliphatic hydroxyl groups excluding tert-OH is 1. The van der Waals surface area contributed by atoms with Gasteiger partial charge in [0, 0.05) is 0 Å². The van der Waals surface area contributed by atoms with E-state index in [9.17, 15) is 9.59 Å². The third-order valence-electron chi connectivity index (χ3n) is 2.25. The fraction of sp³-hybridized carbons (Fsp3) is 0.273. The van der Waals surface area contributed by atoms with Crippen molar-refractivity contribution in [2.45, 2.75) is 13.0 Å². The van der Waals surface area contributed by atoms with Crippen molar-refractivity contribution in [2.24, 2.45) is 0 Å². The Balaban J connectivity index is 2.73. The average Bonchev–Trinajstić information content (AvgIpc) is 2.30. The zero-order valence-electron chi connectivity index (χ0n) is 9.61. The van der Waals surface area contributed by atoms with Crippen LogP contribution in [0.4, 0.5) is 10.5 Å². The molecule has 0 fully saturated rings. The Hall–Kier alpha value is -1.79. The van der Waals surface area contributed by atoms with Crippen LogP contribution < -0.4 is 10.6 Å². The first kappa shape index (κ1) is 14.3. The molecule has 0 heterocycles. The predicted octanol–water partition coefficient (Wildman–Crippen LogP) is 1.22. The van der Waals surface area contributed by atoms with E-state index in [1.54, 1.807) is 25.1 Å². The van der Waals surface area contributed by atoms with Gasteiger partial charge in [0.2, 0.25) is 0 Å². The molecule has 98 valence electrons. The number of aryl methyl sites for hydroxylation is 1. The molecule has 0 saturated carbocycles. The Morgan fingerprint density at radius 3 is 2.61 bits per heavy atom. The number of halogens is 1. The molecule has 4 N–H and O–H groups in total. The molecule has 0 radical (unpaired) electrons. The Morgan fingerprint density at radius 1 is 1.44 bits per heavy atom. The molecule has 18 heavy (non-hydrogen) atoms. The summed E-state index contributed by atoms with van der Waals surface area (Å²) in [7, 11) is 0. The molecule has 0 spiro atoms. The molecule has 1 atom stereocenters. The third-order valence-corrected chi connectivity index (χ3v) is 2.56. The summed E-state index contributed by atoms with van der Waals surface area (Å²) in [5.74, 6) is -1.32. The lowest BCUT2D eigenvalue weighted by atomic mass is 10.2. The van der Waals surface area contributed by atoms with Crippen molar-refractivity contribution in [1.29, 1.82) is 0 Å². The number of anilines is 1. The number of hydrogen-bond donors (Lipinski definition) is 4. The maximum absolute atomic E-state index is 11.5. The number of nitrogens with one attached hydrogen (secondary N) is 2. The van der Waals surface area contributed by atoms with Gasteiger partial charge in [0.25, 0.3) is 0 Å². The van der Waals surface area contributed by atoms with Crippen molar-refractivity contribution in [3.8, 4) is 0 Å². The second kappa shape index (κ2) is 6.23. The van der Waals surface area contributed by atoms with E-state index >= 15 is 0 Å². The van der Waals surface area contributed by atoms with Crippen LogP contribution in [0.2, 0.25) is 5.02 Å². The molecule has 0 aliphatic rings. The monoisotopic (exact) mass is 272 g/mol. The number of rotatable bonds is 4. The summed E-state index contributed by atoms with van der Waals surface area (Å²) in [6, 6.07) is 2.99. The second-order valence-corrected chi connectivity index (χ2v) is 4.01. The smallest absolute Gasteiger partial charge is 0.328 e. The molecule has 0 saturated heterocycles. The van der Waals surface area contributed by atoms with Crippen LogP contribution in [0.1, 0.15) is 5.56 Å². The zero-order valence-corrected chi connectivity index (χ0v) is 10.4. The zero-order chi connectivity index (χ0) is 13.7. The van der Waals surface area contributed by atoms with Crippen molar-refractivity contribution >= 4 is 29.3 Å². The lowest BCUT2D eigenvalue weighted by molar-refractivity contribution is -0.140. The van der Waals surface area contributed by atoms with Gasteiger partial charge < -0.3 is 20.8 Å². The number of benzene rings is 1. The number of aliphatic carboxylic acids is 1. The number of urea groups is 1. The lowest BCUT2D eigenvalue weighted by Gasteiger charge is -2.14. The largest absolute Gasteiger partial charge is 0.480 e. The highest BCUT2D eigenvalue weighted by Crippen LogP contribution is 2.24. The van der Waals surface area contributed by atoms with Gasteiger partial charge in [0.1, 0.15) is 0 Å². The predicted molar refractivity (Wildman–Crippen MR) is 66.9 cm³/mol. The van der Waals surface area contributed by atoms with Crippen LogP contribution in [0.25, 0.3) is 0 Å². The number of amides is 2. The van der Waals surface area contributed by atoms with E-state index in [1.807, 2.05) is 0 Å². The first-order valence-electron chi connectivity index (χ1n) is 5.12. The fourth-order valence-electron chi connectivity index (χ4n) is 1.28. The highest BCUT2D eigenvalue weighted by molar-refractivity contribution is 6.33. The molecule has 1 aromatic carbocycles. The van der Waals surface area contributed by atoms with Gasteiger partial charge in [0.05, 0.1) is 17.3 Å². The van der Waals surface area contributed by atoms with Crippen LogP contribution in [-0.4, -0.2) is 34.9 Å². The van der Waals surface area contributed by atoms with Crippen LogP contribution in [0.3, 0.4) is 0 Å². The number of aliphatic hydroxyl groups is 1. The molecular formula is C11H13ClN2O4. The summed E-state index contributed by atoms with van der Waals surface area (Å²) in [6.45, 7) is 1.06. The van der Waals surface area contributed by atoms with E-state index in [2.05, 4.69) is 10.6 Å². The first-order chi connectivity index (χ1) is 8.45. The molecule has 1 aromatic rings. The van der Waals surface area contributed by atoms with E-state index in [1.165, 1.54) is 0 Å². The van der Waals surface area contributed by atoms with Crippen molar-refractivity contribution in [1.82, 2.24) is 5.32 Å². The summed E-state index contributed by atoms with van der Waals surface area (Å²) >= 11 is 5.90. The summed E-state index contributed by atoms with van der Waals surface area (Å²) in [4.78, 5) is 22.2. The topological polar surface area (TPSA) is 98.7 Å². The van der Waals surface area contributed by atoms with Crippen molar-refractivity contribution in [2.75, 3.05) is 11.9 Å². The van der Waals surface area contributed by atoms with Crippen LogP contribution in [0.5, 0.6) is 0 Å². The van der Waals surface area contributed by atoms with Crippen LogP contribution in [-0.2, 0) is 4.79 Å². The molecule has 1 rings (SSSR count). The summed E-state index contributed by atoms with van der Waals surface area (Å²) in [5, 5.41) is 22.3. The summed E-state index contributed by atoms with van der Waals surface area (Å²) in [6.07, 6.45) is 0. The van der Waals surface area contributed by atoms with E-state index in [4.69, 9.17) is 21.8 Å². The molecule has 1 unspecified atom stereocenters. The number of carboxylic acid groups (broad SMARTS) is 1. The van der Waals surface area contributed by atoms with Crippen molar-refractivity contribution in [3.05, 3.63) is 28.8 Å². The van der Waals surface area contributed by atoms with E-state index in [0.29, 0.717) is 10.7 Å². The Labute approximate surface area is 109 Å². The van der Waals surface area contributed by atoms with Gasteiger partial charge in [-0.25, -0.2) is 9.59 Å². The first-order valence-corrected chi connectivity index (χ1v) is 5.49. The van der Waals surface area contributed by atoms with E-state index in [0.717, 1.165) is 5.56 Å². The number of para-hydroxylation sites is 1. The Morgan fingerprint density at radius 2 is 2.11 bits per heavy atom. The highest BCUT2D eigenvalue weighted by atomic mass is 35.5. The van der Waals surface area contributed by atoms with Gasteiger partial charge in [-0.1, -0.05) is 23.7 Å². The van der Waals surface area contributed by atoms with Crippen LogP contribution in [0, 0.1) is 6.92 Å². The third kappa shape index (κ3) is 3.61. The Bertz CT molecular complexity index is 444. The maximum Gasteiger partial charge on any atom is 0.328 e. The molecule has 0 aliphatic carbocycles. The lowest BCUT2D eigenvalue weighted by Crippen LogP contribution is -2.45. The normalized spacial score (nSPS) is 11.7. The van der Waals surface area contributed by atoms with Gasteiger partial charge in [-0.3, -0.25) is 0 Å². The van der Waals surface area contributed by atoms with Gasteiger partial charge in [0.15, 0.2) is 6.04 Å². The number of hydrogen-bond acceptors (Lipinski definition) is 3. The average molecular weight is 273 g/mol. The van der Waals surface area contributed by atoms with Crippen LogP contribution in [0.15, 0.2) is 18.2 Å². The minimum atomic E-state index is -1.35. The molecule has 0 bridgehead atoms. The van der Waals surface area contributed by atoms with E-state index in [-0.39, 0.29) is 0 Å². The number of carbonyl (C=O) groups excluding carboxylic acids is 1. The van der Waals surface area contributed by atoms with Crippen molar-refractivity contribution in [3.63, 3.8) is 0 Å². The second-order valence-electron chi connectivity index (χ2n) is 3.60. The SMILES string of the molecule is Cc1cccc(Cl)c1NC(=O)NC(CO)C(=O)O.